The fraction of sp³-hybridized carbons (Fsp3) is 0.400. The summed E-state index contributed by atoms with van der Waals surface area (Å²) in [5.41, 5.74) is 3.33. The largest absolute Gasteiger partial charge is 0.350 e. The monoisotopic (exact) mass is 354 g/mol. The van der Waals surface area contributed by atoms with E-state index in [-0.39, 0.29) is 24.5 Å². The van der Waals surface area contributed by atoms with Crippen LogP contribution in [0.4, 0.5) is 5.69 Å². The van der Waals surface area contributed by atoms with Crippen molar-refractivity contribution in [2.75, 3.05) is 18.1 Å². The third-order valence-corrected chi connectivity index (χ3v) is 4.98. The quantitative estimate of drug-likeness (QED) is 0.858. The number of hydroxylamine groups is 1. The van der Waals surface area contributed by atoms with Crippen molar-refractivity contribution in [1.29, 1.82) is 0 Å². The van der Waals surface area contributed by atoms with Crippen molar-refractivity contribution >= 4 is 28.3 Å². The lowest BCUT2D eigenvalue weighted by Crippen LogP contribution is -2.37. The van der Waals surface area contributed by atoms with Crippen LogP contribution in [0.2, 0.25) is 0 Å². The SMILES string of the molecule is O=C(NO[C@H]1CCCCO1)[C@H]1CC(=O)N(c2cccc3ccccc23)C1. The summed E-state index contributed by atoms with van der Waals surface area (Å²) in [7, 11) is 0. The molecule has 0 bridgehead atoms. The van der Waals surface area contributed by atoms with Gasteiger partial charge in [-0.15, -0.1) is 0 Å². The van der Waals surface area contributed by atoms with E-state index < -0.39 is 5.92 Å². The van der Waals surface area contributed by atoms with Crippen LogP contribution in [0.25, 0.3) is 10.8 Å². The van der Waals surface area contributed by atoms with Crippen LogP contribution in [0.15, 0.2) is 42.5 Å². The number of fused-ring (bicyclic) bond motifs is 1. The van der Waals surface area contributed by atoms with Crippen molar-refractivity contribution in [3.63, 3.8) is 0 Å². The molecular weight excluding hydrogens is 332 g/mol. The van der Waals surface area contributed by atoms with Gasteiger partial charge in [0.1, 0.15) is 0 Å². The number of carbonyl (C=O) groups excluding carboxylic acids is 2. The van der Waals surface area contributed by atoms with Crippen LogP contribution in [0.3, 0.4) is 0 Å². The van der Waals surface area contributed by atoms with Gasteiger partial charge in [-0.05, 0) is 24.3 Å². The average Bonchev–Trinajstić information content (AvgIpc) is 3.08. The molecule has 0 aromatic heterocycles. The molecule has 2 fully saturated rings. The molecule has 0 saturated carbocycles. The Morgan fingerprint density at radius 2 is 2.00 bits per heavy atom. The third kappa shape index (κ3) is 3.43. The fourth-order valence-electron chi connectivity index (χ4n) is 3.57. The van der Waals surface area contributed by atoms with Crippen molar-refractivity contribution in [3.8, 4) is 0 Å². The summed E-state index contributed by atoms with van der Waals surface area (Å²) >= 11 is 0. The number of nitrogens with zero attached hydrogens (tertiary/aromatic N) is 1. The summed E-state index contributed by atoms with van der Waals surface area (Å²) in [6.45, 7) is 1.00. The first kappa shape index (κ1) is 17.0. The highest BCUT2D eigenvalue weighted by atomic mass is 16.8. The van der Waals surface area contributed by atoms with E-state index in [0.29, 0.717) is 13.2 Å². The number of ether oxygens (including phenoxy) is 1. The Balaban J connectivity index is 1.44. The van der Waals surface area contributed by atoms with Crippen LogP contribution in [0.5, 0.6) is 0 Å². The molecule has 4 rings (SSSR count). The fourth-order valence-corrected chi connectivity index (χ4v) is 3.57. The van der Waals surface area contributed by atoms with Gasteiger partial charge in [0.05, 0.1) is 11.6 Å². The van der Waals surface area contributed by atoms with Crippen molar-refractivity contribution in [2.24, 2.45) is 5.92 Å². The molecule has 2 saturated heterocycles. The van der Waals surface area contributed by atoms with Crippen LogP contribution < -0.4 is 10.4 Å². The number of carbonyl (C=O) groups is 2. The summed E-state index contributed by atoms with van der Waals surface area (Å²) in [5.74, 6) is -0.740. The van der Waals surface area contributed by atoms with Gasteiger partial charge in [0, 0.05) is 31.4 Å². The summed E-state index contributed by atoms with van der Waals surface area (Å²) in [6.07, 6.45) is 2.61. The molecule has 2 aromatic rings. The molecule has 2 atom stereocenters. The highest BCUT2D eigenvalue weighted by Crippen LogP contribution is 2.31. The van der Waals surface area contributed by atoms with Crippen LogP contribution >= 0.6 is 0 Å². The molecule has 1 N–H and O–H groups in total. The Bertz CT molecular complexity index is 811. The zero-order valence-electron chi connectivity index (χ0n) is 14.5. The minimum atomic E-state index is -0.426. The maximum atomic E-state index is 12.5. The second kappa shape index (κ2) is 7.43. The summed E-state index contributed by atoms with van der Waals surface area (Å²) < 4.78 is 5.44. The molecule has 6 nitrogen and oxygen atoms in total. The van der Waals surface area contributed by atoms with Crippen LogP contribution in [-0.2, 0) is 19.2 Å². The summed E-state index contributed by atoms with van der Waals surface area (Å²) in [6, 6.07) is 13.8. The highest BCUT2D eigenvalue weighted by molar-refractivity contribution is 6.06. The maximum Gasteiger partial charge on any atom is 0.249 e. The Morgan fingerprint density at radius 1 is 1.15 bits per heavy atom. The second-order valence-corrected chi connectivity index (χ2v) is 6.78. The Kier molecular flexibility index (Phi) is 4.86. The van der Waals surface area contributed by atoms with Crippen LogP contribution in [0.1, 0.15) is 25.7 Å². The molecule has 136 valence electrons. The highest BCUT2D eigenvalue weighted by Gasteiger charge is 2.36. The third-order valence-electron chi connectivity index (χ3n) is 4.98. The van der Waals surface area contributed by atoms with E-state index in [0.717, 1.165) is 35.7 Å². The normalized spacial score (nSPS) is 23.4. The Labute approximate surface area is 152 Å². The first-order valence-electron chi connectivity index (χ1n) is 9.07. The summed E-state index contributed by atoms with van der Waals surface area (Å²) in [5, 5.41) is 2.08. The molecule has 26 heavy (non-hydrogen) atoms. The van der Waals surface area contributed by atoms with Crippen molar-refractivity contribution in [1.82, 2.24) is 5.48 Å². The average molecular weight is 354 g/mol. The smallest absolute Gasteiger partial charge is 0.249 e. The minimum absolute atomic E-state index is 0.0459. The van der Waals surface area contributed by atoms with E-state index in [1.165, 1.54) is 0 Å². The molecule has 2 amide bonds. The van der Waals surface area contributed by atoms with Gasteiger partial charge in [0.25, 0.3) is 0 Å². The molecule has 2 aliphatic rings. The van der Waals surface area contributed by atoms with E-state index in [4.69, 9.17) is 9.57 Å². The molecule has 6 heteroatoms. The molecule has 0 unspecified atom stereocenters. The van der Waals surface area contributed by atoms with Gasteiger partial charge in [-0.1, -0.05) is 36.4 Å². The van der Waals surface area contributed by atoms with Gasteiger partial charge in [-0.3, -0.25) is 9.59 Å². The van der Waals surface area contributed by atoms with Gasteiger partial charge in [-0.2, -0.15) is 0 Å². The lowest BCUT2D eigenvalue weighted by atomic mass is 10.1. The Hall–Kier alpha value is -2.44. The van der Waals surface area contributed by atoms with Crippen molar-refractivity contribution in [3.05, 3.63) is 42.5 Å². The predicted octanol–water partition coefficient (Wildman–Crippen LogP) is 2.77. The molecule has 0 radical (unpaired) electrons. The van der Waals surface area contributed by atoms with Gasteiger partial charge < -0.3 is 9.64 Å². The zero-order chi connectivity index (χ0) is 17.9. The van der Waals surface area contributed by atoms with Gasteiger partial charge in [0.2, 0.25) is 11.8 Å². The van der Waals surface area contributed by atoms with Crippen molar-refractivity contribution < 1.29 is 19.2 Å². The number of hydrogen-bond donors (Lipinski definition) is 1. The van der Waals surface area contributed by atoms with E-state index in [2.05, 4.69) is 5.48 Å². The van der Waals surface area contributed by atoms with Crippen LogP contribution in [0, 0.1) is 5.92 Å². The second-order valence-electron chi connectivity index (χ2n) is 6.78. The van der Waals surface area contributed by atoms with Gasteiger partial charge >= 0.3 is 0 Å². The zero-order valence-corrected chi connectivity index (χ0v) is 14.5. The van der Waals surface area contributed by atoms with E-state index in [1.807, 2.05) is 42.5 Å². The number of anilines is 1. The number of benzene rings is 2. The minimum Gasteiger partial charge on any atom is -0.350 e. The maximum absolute atomic E-state index is 12.5. The molecule has 0 spiro atoms. The molecular formula is C20H22N2O4. The molecule has 2 aliphatic heterocycles. The molecule has 0 aliphatic carbocycles. The lowest BCUT2D eigenvalue weighted by Gasteiger charge is -2.23. The summed E-state index contributed by atoms with van der Waals surface area (Å²) in [4.78, 5) is 32.0. The van der Waals surface area contributed by atoms with E-state index in [9.17, 15) is 9.59 Å². The van der Waals surface area contributed by atoms with E-state index >= 15 is 0 Å². The first-order valence-corrected chi connectivity index (χ1v) is 9.07. The first-order chi connectivity index (χ1) is 12.7. The Morgan fingerprint density at radius 3 is 2.85 bits per heavy atom. The predicted molar refractivity (Wildman–Crippen MR) is 97.2 cm³/mol. The van der Waals surface area contributed by atoms with E-state index in [1.54, 1.807) is 4.90 Å². The molecule has 2 aromatic carbocycles. The number of hydrogen-bond acceptors (Lipinski definition) is 4. The number of rotatable bonds is 4. The van der Waals surface area contributed by atoms with Gasteiger partial charge in [-0.25, -0.2) is 10.3 Å². The van der Waals surface area contributed by atoms with Crippen LogP contribution in [-0.4, -0.2) is 31.3 Å². The van der Waals surface area contributed by atoms with Gasteiger partial charge in [0.15, 0.2) is 6.29 Å². The standard InChI is InChI=1S/C20H22N2O4/c23-18-12-15(20(24)21-26-19-10-3-4-11-25-19)13-22(18)17-9-5-7-14-6-1-2-8-16(14)17/h1-2,5-9,15,19H,3-4,10-13H2,(H,21,24)/t15-,19-/m0/s1. The topological polar surface area (TPSA) is 67.9 Å². The number of nitrogens with one attached hydrogen (secondary N) is 1. The van der Waals surface area contributed by atoms with Crippen molar-refractivity contribution in [2.45, 2.75) is 32.0 Å². The number of amides is 2. The molecule has 2 heterocycles. The lowest BCUT2D eigenvalue weighted by molar-refractivity contribution is -0.201.